The number of thioether (sulfide) groups is 1. The minimum Gasteiger partial charge on any atom is -0.508 e. The van der Waals surface area contributed by atoms with Crippen LogP contribution in [0.4, 0.5) is 5.69 Å². The van der Waals surface area contributed by atoms with Crippen LogP contribution >= 0.6 is 11.8 Å². The van der Waals surface area contributed by atoms with Crippen molar-refractivity contribution < 1.29 is 19.5 Å². The third-order valence-corrected chi connectivity index (χ3v) is 4.77. The number of hydrogen-bond acceptors (Lipinski definition) is 5. The third-order valence-electron chi connectivity index (χ3n) is 3.84. The number of hydrogen-bond donors (Lipinski definition) is 4. The first-order valence-corrected chi connectivity index (χ1v) is 10.4. The molecular formula is C21H25N3O4S. The summed E-state index contributed by atoms with van der Waals surface area (Å²) in [6.07, 6.45) is 0.578. The lowest BCUT2D eigenvalue weighted by atomic mass is 10.2. The van der Waals surface area contributed by atoms with E-state index in [0.717, 1.165) is 11.3 Å². The Bertz CT molecular complexity index is 857. The quantitative estimate of drug-likeness (QED) is 0.446. The first-order valence-electron chi connectivity index (χ1n) is 9.22. The molecule has 0 aromatic heterocycles. The van der Waals surface area contributed by atoms with Crippen LogP contribution in [0.25, 0.3) is 0 Å². The van der Waals surface area contributed by atoms with Gasteiger partial charge in [-0.3, -0.25) is 14.4 Å². The summed E-state index contributed by atoms with van der Waals surface area (Å²) in [5, 5.41) is 17.6. The monoisotopic (exact) mass is 415 g/mol. The number of carbonyl (C=O) groups excluding carboxylic acids is 3. The molecule has 0 spiro atoms. The fourth-order valence-corrected chi connectivity index (χ4v) is 3.12. The lowest BCUT2D eigenvalue weighted by molar-refractivity contribution is -0.118. The van der Waals surface area contributed by atoms with Crippen LogP contribution in [0.5, 0.6) is 5.75 Å². The number of benzene rings is 2. The van der Waals surface area contributed by atoms with Crippen LogP contribution in [0, 0.1) is 6.92 Å². The molecule has 0 fully saturated rings. The molecule has 0 atom stereocenters. The molecule has 2 aromatic carbocycles. The molecule has 0 bridgehead atoms. The molecule has 3 amide bonds. The van der Waals surface area contributed by atoms with Crippen LogP contribution in [0.3, 0.4) is 0 Å². The fraction of sp³-hybridized carbons (Fsp3) is 0.286. The second-order valence-corrected chi connectivity index (χ2v) is 7.41. The van der Waals surface area contributed by atoms with E-state index in [9.17, 15) is 19.5 Å². The second-order valence-electron chi connectivity index (χ2n) is 6.42. The highest BCUT2D eigenvalue weighted by Crippen LogP contribution is 2.11. The number of nitrogens with one attached hydrogen (secondary N) is 3. The number of amides is 3. The average Bonchev–Trinajstić information content (AvgIpc) is 2.67. The predicted octanol–water partition coefficient (Wildman–Crippen LogP) is 2.31. The summed E-state index contributed by atoms with van der Waals surface area (Å²) in [6, 6.07) is 13.6. The molecule has 0 aliphatic rings. The summed E-state index contributed by atoms with van der Waals surface area (Å²) in [4.78, 5) is 35.6. The van der Waals surface area contributed by atoms with E-state index in [1.807, 2.05) is 31.2 Å². The minimum absolute atomic E-state index is 0.0370. The Morgan fingerprint density at radius 1 is 0.931 bits per heavy atom. The Balaban J connectivity index is 1.53. The van der Waals surface area contributed by atoms with Gasteiger partial charge in [-0.2, -0.15) is 0 Å². The smallest absolute Gasteiger partial charge is 0.251 e. The molecule has 0 aliphatic carbocycles. The van der Waals surface area contributed by atoms with Crippen LogP contribution in [-0.2, 0) is 9.59 Å². The van der Waals surface area contributed by atoms with Gasteiger partial charge in [0.2, 0.25) is 11.8 Å². The van der Waals surface area contributed by atoms with Crippen molar-refractivity contribution in [2.45, 2.75) is 13.3 Å². The fourth-order valence-electron chi connectivity index (χ4n) is 2.47. The van der Waals surface area contributed by atoms with Crippen molar-refractivity contribution in [3.63, 3.8) is 0 Å². The Morgan fingerprint density at radius 3 is 2.41 bits per heavy atom. The number of phenolic OH excluding ortho intramolecular Hbond substituents is 1. The van der Waals surface area contributed by atoms with Gasteiger partial charge in [-0.1, -0.05) is 18.2 Å². The third kappa shape index (κ3) is 8.69. The van der Waals surface area contributed by atoms with Crippen molar-refractivity contribution in [3.05, 3.63) is 59.7 Å². The zero-order valence-electron chi connectivity index (χ0n) is 16.2. The van der Waals surface area contributed by atoms with E-state index in [4.69, 9.17) is 0 Å². The van der Waals surface area contributed by atoms with E-state index in [-0.39, 0.29) is 35.0 Å². The Morgan fingerprint density at radius 2 is 1.66 bits per heavy atom. The maximum atomic E-state index is 11.9. The number of anilines is 1. The Kier molecular flexibility index (Phi) is 9.04. The number of rotatable bonds is 10. The molecule has 29 heavy (non-hydrogen) atoms. The van der Waals surface area contributed by atoms with Crippen molar-refractivity contribution in [1.82, 2.24) is 10.6 Å². The van der Waals surface area contributed by atoms with E-state index in [2.05, 4.69) is 16.0 Å². The molecular weight excluding hydrogens is 390 g/mol. The maximum absolute atomic E-state index is 11.9. The van der Waals surface area contributed by atoms with Gasteiger partial charge in [0.05, 0.1) is 11.5 Å². The van der Waals surface area contributed by atoms with Gasteiger partial charge in [0.15, 0.2) is 0 Å². The van der Waals surface area contributed by atoms with E-state index >= 15 is 0 Å². The molecule has 4 N–H and O–H groups in total. The standard InChI is InChI=1S/C21H25N3O4S/c1-15-5-2-7-17(11-15)24-20(27)14-29-13-19(26)22-9-4-10-23-21(28)16-6-3-8-18(25)12-16/h2-3,5-8,11-12,25H,4,9-10,13-14H2,1H3,(H,22,26)(H,23,28)(H,24,27). The molecule has 0 aliphatic heterocycles. The SMILES string of the molecule is Cc1cccc(NC(=O)CSCC(=O)NCCCNC(=O)c2cccc(O)c2)c1. The van der Waals surface area contributed by atoms with Crippen LogP contribution in [0.2, 0.25) is 0 Å². The van der Waals surface area contributed by atoms with Gasteiger partial charge < -0.3 is 21.1 Å². The molecule has 2 rings (SSSR count). The van der Waals surface area contributed by atoms with Gasteiger partial charge in [0.25, 0.3) is 5.91 Å². The van der Waals surface area contributed by atoms with E-state index in [1.165, 1.54) is 23.9 Å². The van der Waals surface area contributed by atoms with Crippen molar-refractivity contribution in [2.24, 2.45) is 0 Å². The summed E-state index contributed by atoms with van der Waals surface area (Å²) < 4.78 is 0. The first kappa shape index (κ1) is 22.3. The van der Waals surface area contributed by atoms with E-state index in [1.54, 1.807) is 12.1 Å². The summed E-state index contributed by atoms with van der Waals surface area (Å²) in [6.45, 7) is 2.78. The highest BCUT2D eigenvalue weighted by molar-refractivity contribution is 8.00. The van der Waals surface area contributed by atoms with Crippen molar-refractivity contribution in [1.29, 1.82) is 0 Å². The van der Waals surface area contributed by atoms with E-state index < -0.39 is 0 Å². The zero-order valence-corrected chi connectivity index (χ0v) is 17.1. The summed E-state index contributed by atoms with van der Waals surface area (Å²) in [5.74, 6) is -0.156. The lowest BCUT2D eigenvalue weighted by Crippen LogP contribution is -2.31. The molecule has 0 heterocycles. The predicted molar refractivity (Wildman–Crippen MR) is 115 cm³/mol. The van der Waals surface area contributed by atoms with Gasteiger partial charge >= 0.3 is 0 Å². The van der Waals surface area contributed by atoms with Gasteiger partial charge in [-0.15, -0.1) is 11.8 Å². The molecule has 2 aromatic rings. The summed E-state index contributed by atoms with van der Waals surface area (Å²) in [5.41, 5.74) is 2.19. The number of phenols is 1. The van der Waals surface area contributed by atoms with Gasteiger partial charge in [0, 0.05) is 24.3 Å². The molecule has 154 valence electrons. The second kappa shape index (κ2) is 11.8. The lowest BCUT2D eigenvalue weighted by Gasteiger charge is -2.08. The topological polar surface area (TPSA) is 108 Å². The summed E-state index contributed by atoms with van der Waals surface area (Å²) >= 11 is 1.24. The van der Waals surface area contributed by atoms with Crippen LogP contribution in [-0.4, -0.2) is 47.4 Å². The Labute approximate surface area is 174 Å². The first-order chi connectivity index (χ1) is 13.9. The molecule has 0 saturated heterocycles. The molecule has 0 saturated carbocycles. The van der Waals surface area contributed by atoms with Crippen molar-refractivity contribution >= 4 is 35.2 Å². The highest BCUT2D eigenvalue weighted by atomic mass is 32.2. The molecule has 0 radical (unpaired) electrons. The van der Waals surface area contributed by atoms with Gasteiger partial charge in [-0.25, -0.2) is 0 Å². The van der Waals surface area contributed by atoms with Crippen LogP contribution in [0.1, 0.15) is 22.3 Å². The number of aromatic hydroxyl groups is 1. The van der Waals surface area contributed by atoms with E-state index in [0.29, 0.717) is 25.1 Å². The Hall–Kier alpha value is -3.00. The average molecular weight is 416 g/mol. The molecule has 0 unspecified atom stereocenters. The minimum atomic E-state index is -0.276. The zero-order chi connectivity index (χ0) is 21.1. The number of carbonyl (C=O) groups is 3. The number of aryl methyl sites for hydroxylation is 1. The summed E-state index contributed by atoms with van der Waals surface area (Å²) in [7, 11) is 0. The maximum Gasteiger partial charge on any atom is 0.251 e. The van der Waals surface area contributed by atoms with Crippen molar-refractivity contribution in [3.8, 4) is 5.75 Å². The van der Waals surface area contributed by atoms with Crippen molar-refractivity contribution in [2.75, 3.05) is 29.9 Å². The van der Waals surface area contributed by atoms with Crippen LogP contribution in [0.15, 0.2) is 48.5 Å². The highest BCUT2D eigenvalue weighted by Gasteiger charge is 2.07. The van der Waals surface area contributed by atoms with Crippen LogP contribution < -0.4 is 16.0 Å². The largest absolute Gasteiger partial charge is 0.508 e. The van der Waals surface area contributed by atoms with Gasteiger partial charge in [0.1, 0.15) is 5.75 Å². The van der Waals surface area contributed by atoms with Gasteiger partial charge in [-0.05, 0) is 49.2 Å². The molecule has 8 heteroatoms. The normalized spacial score (nSPS) is 10.2. The molecule has 7 nitrogen and oxygen atoms in total.